The van der Waals surface area contributed by atoms with Gasteiger partial charge in [0.1, 0.15) is 11.8 Å². The van der Waals surface area contributed by atoms with Gasteiger partial charge in [-0.1, -0.05) is 23.5 Å². The number of aromatic nitrogens is 4. The maximum Gasteiger partial charge on any atom is 0.197 e. The summed E-state index contributed by atoms with van der Waals surface area (Å²) >= 11 is 1.67. The molecular formula is C11H6N4S. The molecule has 3 aromatic heterocycles. The second-order valence-electron chi connectivity index (χ2n) is 3.53. The molecule has 0 bridgehead atoms. The summed E-state index contributed by atoms with van der Waals surface area (Å²) in [6.07, 6.45) is 3.34. The van der Waals surface area contributed by atoms with Gasteiger partial charge >= 0.3 is 0 Å². The fourth-order valence-corrected chi connectivity index (χ4v) is 2.96. The lowest BCUT2D eigenvalue weighted by molar-refractivity contribution is 1.20. The van der Waals surface area contributed by atoms with Gasteiger partial charge in [-0.15, -0.1) is 0 Å². The van der Waals surface area contributed by atoms with Crippen molar-refractivity contribution in [1.82, 2.24) is 19.4 Å². The van der Waals surface area contributed by atoms with Crippen molar-refractivity contribution < 1.29 is 0 Å². The van der Waals surface area contributed by atoms with Crippen LogP contribution in [-0.2, 0) is 0 Å². The molecule has 0 aliphatic heterocycles. The van der Waals surface area contributed by atoms with Gasteiger partial charge in [-0.2, -0.15) is 4.98 Å². The minimum Gasteiger partial charge on any atom is -0.280 e. The van der Waals surface area contributed by atoms with E-state index in [-0.39, 0.29) is 0 Å². The molecule has 0 fully saturated rings. The molecule has 4 rings (SSSR count). The van der Waals surface area contributed by atoms with Gasteiger partial charge in [0.25, 0.3) is 0 Å². The highest BCUT2D eigenvalue weighted by Crippen LogP contribution is 2.28. The second kappa shape index (κ2) is 2.76. The van der Waals surface area contributed by atoms with Crippen LogP contribution < -0.4 is 0 Å². The third-order valence-electron chi connectivity index (χ3n) is 2.61. The number of hydrogen-bond donors (Lipinski definition) is 0. The first-order chi connectivity index (χ1) is 7.93. The predicted octanol–water partition coefficient (Wildman–Crippen LogP) is 2.49. The summed E-state index contributed by atoms with van der Waals surface area (Å²) in [6.45, 7) is 0. The highest BCUT2D eigenvalue weighted by atomic mass is 32.1. The van der Waals surface area contributed by atoms with Crippen molar-refractivity contribution >= 4 is 37.7 Å². The Morgan fingerprint density at radius 2 is 2.06 bits per heavy atom. The molecule has 0 radical (unpaired) electrons. The van der Waals surface area contributed by atoms with E-state index in [1.165, 1.54) is 16.5 Å². The Hall–Kier alpha value is -2.01. The number of hydrogen-bond acceptors (Lipinski definition) is 4. The minimum absolute atomic E-state index is 0.756. The molecule has 3 heterocycles. The molecule has 0 spiro atoms. The van der Waals surface area contributed by atoms with Crippen LogP contribution in [0, 0.1) is 0 Å². The van der Waals surface area contributed by atoms with Crippen LogP contribution in [0.5, 0.6) is 0 Å². The molecule has 16 heavy (non-hydrogen) atoms. The number of para-hydroxylation sites is 1. The van der Waals surface area contributed by atoms with Gasteiger partial charge in [-0.05, 0) is 12.1 Å². The van der Waals surface area contributed by atoms with Crippen LogP contribution in [-0.4, -0.2) is 19.4 Å². The lowest BCUT2D eigenvalue weighted by atomic mass is 10.3. The Labute approximate surface area is 94.2 Å². The van der Waals surface area contributed by atoms with E-state index in [1.54, 1.807) is 11.3 Å². The first-order valence-electron chi connectivity index (χ1n) is 4.89. The fourth-order valence-electron chi connectivity index (χ4n) is 1.93. The molecule has 4 aromatic rings. The summed E-state index contributed by atoms with van der Waals surface area (Å²) in [5.41, 5.74) is 2.89. The number of thiazole rings is 1. The average molecular weight is 226 g/mol. The highest BCUT2D eigenvalue weighted by Gasteiger charge is 2.10. The van der Waals surface area contributed by atoms with Crippen molar-refractivity contribution in [3.8, 4) is 0 Å². The van der Waals surface area contributed by atoms with Gasteiger partial charge in [0.15, 0.2) is 10.6 Å². The number of fused-ring (bicyclic) bond motifs is 5. The molecule has 0 saturated heterocycles. The topological polar surface area (TPSA) is 43.1 Å². The fraction of sp³-hybridized carbons (Fsp3) is 0. The summed E-state index contributed by atoms with van der Waals surface area (Å²) in [6, 6.07) is 8.26. The van der Waals surface area contributed by atoms with Crippen LogP contribution in [0.15, 0.2) is 36.8 Å². The maximum absolute atomic E-state index is 4.48. The van der Waals surface area contributed by atoms with Crippen LogP contribution in [0.4, 0.5) is 0 Å². The number of nitrogens with zero attached hydrogens (tertiary/aromatic N) is 4. The standard InChI is InChI=1S/C11H6N4S/c1-2-4-9-7(3-1)15-8-5-12-6-13-10(8)14-11(15)16-9/h1-6H. The van der Waals surface area contributed by atoms with Crippen molar-refractivity contribution in [3.05, 3.63) is 36.8 Å². The molecule has 1 aromatic carbocycles. The van der Waals surface area contributed by atoms with Crippen molar-refractivity contribution in [1.29, 1.82) is 0 Å². The lowest BCUT2D eigenvalue weighted by Gasteiger charge is -1.91. The van der Waals surface area contributed by atoms with E-state index in [9.17, 15) is 0 Å². The Morgan fingerprint density at radius 3 is 3.06 bits per heavy atom. The molecule has 0 saturated carbocycles. The zero-order chi connectivity index (χ0) is 10.5. The van der Waals surface area contributed by atoms with Gasteiger partial charge in [-0.25, -0.2) is 9.97 Å². The lowest BCUT2D eigenvalue weighted by Crippen LogP contribution is -1.82. The molecule has 0 unspecified atom stereocenters. The molecule has 0 aliphatic carbocycles. The van der Waals surface area contributed by atoms with Gasteiger partial charge in [0.2, 0.25) is 0 Å². The number of rotatable bonds is 0. The second-order valence-corrected chi connectivity index (χ2v) is 4.54. The van der Waals surface area contributed by atoms with E-state index in [4.69, 9.17) is 0 Å². The molecule has 0 atom stereocenters. The molecular weight excluding hydrogens is 220 g/mol. The van der Waals surface area contributed by atoms with Gasteiger partial charge in [0, 0.05) is 0 Å². The zero-order valence-electron chi connectivity index (χ0n) is 8.16. The van der Waals surface area contributed by atoms with Gasteiger partial charge < -0.3 is 0 Å². The predicted molar refractivity (Wildman–Crippen MR) is 63.7 cm³/mol. The van der Waals surface area contributed by atoms with Crippen LogP contribution in [0.25, 0.3) is 26.3 Å². The summed E-state index contributed by atoms with van der Waals surface area (Å²) < 4.78 is 3.34. The quantitative estimate of drug-likeness (QED) is 0.462. The highest BCUT2D eigenvalue weighted by molar-refractivity contribution is 7.23. The molecule has 5 heteroatoms. The van der Waals surface area contributed by atoms with Crippen molar-refractivity contribution in [3.63, 3.8) is 0 Å². The molecule has 76 valence electrons. The molecule has 4 nitrogen and oxygen atoms in total. The summed E-state index contributed by atoms with van der Waals surface area (Å²) in [7, 11) is 0. The van der Waals surface area contributed by atoms with Crippen LogP contribution in [0.3, 0.4) is 0 Å². The van der Waals surface area contributed by atoms with Crippen molar-refractivity contribution in [2.75, 3.05) is 0 Å². The monoisotopic (exact) mass is 226 g/mol. The first-order valence-corrected chi connectivity index (χ1v) is 5.71. The Bertz CT molecular complexity index is 749. The summed E-state index contributed by atoms with van der Waals surface area (Å²) in [5, 5.41) is 0. The van der Waals surface area contributed by atoms with E-state index in [0.29, 0.717) is 0 Å². The largest absolute Gasteiger partial charge is 0.280 e. The van der Waals surface area contributed by atoms with Crippen LogP contribution >= 0.6 is 11.3 Å². The van der Waals surface area contributed by atoms with Crippen LogP contribution in [0.2, 0.25) is 0 Å². The zero-order valence-corrected chi connectivity index (χ0v) is 8.98. The Kier molecular flexibility index (Phi) is 1.41. The minimum atomic E-state index is 0.756. The SMILES string of the molecule is c1ccc2c(c1)sc1nc3ncncc3n12. The molecule has 0 N–H and O–H groups in total. The van der Waals surface area contributed by atoms with Crippen LogP contribution in [0.1, 0.15) is 0 Å². The van der Waals surface area contributed by atoms with Crippen molar-refractivity contribution in [2.24, 2.45) is 0 Å². The van der Waals surface area contributed by atoms with E-state index in [1.807, 2.05) is 18.3 Å². The van der Waals surface area contributed by atoms with Gasteiger partial charge in [-0.3, -0.25) is 4.40 Å². The third-order valence-corrected chi connectivity index (χ3v) is 3.64. The summed E-state index contributed by atoms with van der Waals surface area (Å²) in [4.78, 5) is 13.7. The smallest absolute Gasteiger partial charge is 0.197 e. The van der Waals surface area contributed by atoms with Gasteiger partial charge in [0.05, 0.1) is 16.4 Å². The van der Waals surface area contributed by atoms with E-state index in [0.717, 1.165) is 16.1 Å². The Morgan fingerprint density at radius 1 is 1.12 bits per heavy atom. The average Bonchev–Trinajstić information content (AvgIpc) is 2.83. The van der Waals surface area contributed by atoms with Crippen molar-refractivity contribution in [2.45, 2.75) is 0 Å². The summed E-state index contributed by atoms with van der Waals surface area (Å²) in [5.74, 6) is 0. The number of benzene rings is 1. The van der Waals surface area contributed by atoms with E-state index in [2.05, 4.69) is 31.5 Å². The normalized spacial score (nSPS) is 11.8. The van der Waals surface area contributed by atoms with E-state index >= 15 is 0 Å². The number of imidazole rings is 1. The maximum atomic E-state index is 4.48. The molecule has 0 amide bonds. The Balaban J connectivity index is 2.38. The third kappa shape index (κ3) is 0.906. The van der Waals surface area contributed by atoms with E-state index < -0.39 is 0 Å². The molecule has 0 aliphatic rings. The first kappa shape index (κ1) is 8.18.